The molecule has 0 radical (unpaired) electrons. The molecule has 0 spiro atoms. The second-order valence-electron chi connectivity index (χ2n) is 5.25. The van der Waals surface area contributed by atoms with Crippen molar-refractivity contribution >= 4 is 5.91 Å². The first-order valence-corrected chi connectivity index (χ1v) is 7.01. The summed E-state index contributed by atoms with van der Waals surface area (Å²) in [7, 11) is 0. The lowest BCUT2D eigenvalue weighted by Crippen LogP contribution is -2.38. The molecule has 0 unspecified atom stereocenters. The molecule has 94 valence electrons. The van der Waals surface area contributed by atoms with E-state index in [0.717, 1.165) is 25.9 Å². The van der Waals surface area contributed by atoms with Crippen molar-refractivity contribution in [2.24, 2.45) is 5.92 Å². The molecule has 1 atom stereocenters. The van der Waals surface area contributed by atoms with Crippen LogP contribution in [0.1, 0.15) is 65.2 Å². The zero-order valence-corrected chi connectivity index (χ0v) is 11.0. The van der Waals surface area contributed by atoms with Crippen molar-refractivity contribution in [3.63, 3.8) is 0 Å². The Morgan fingerprint density at radius 1 is 1.25 bits per heavy atom. The Balaban J connectivity index is 2.09. The Labute approximate surface area is 100 Å². The Bertz CT molecular complexity index is 203. The van der Waals surface area contributed by atoms with E-state index < -0.39 is 0 Å². The fourth-order valence-corrected chi connectivity index (χ4v) is 2.45. The van der Waals surface area contributed by atoms with Crippen LogP contribution in [0.5, 0.6) is 0 Å². The quantitative estimate of drug-likeness (QED) is 0.632. The van der Waals surface area contributed by atoms with Crippen molar-refractivity contribution in [1.82, 2.24) is 4.90 Å². The van der Waals surface area contributed by atoms with Crippen LogP contribution in [-0.4, -0.2) is 23.9 Å². The normalized spacial score (nSPS) is 21.1. The number of carbonyl (C=O) groups excluding carboxylic acids is 1. The Kier molecular flexibility index (Phi) is 6.51. The number of piperidine rings is 1. The van der Waals surface area contributed by atoms with Crippen LogP contribution in [0.4, 0.5) is 0 Å². The number of unbranched alkanes of at least 4 members (excludes halogenated alkanes) is 4. The summed E-state index contributed by atoms with van der Waals surface area (Å²) in [6.45, 7) is 6.47. The first-order chi connectivity index (χ1) is 7.74. The van der Waals surface area contributed by atoms with E-state index in [4.69, 9.17) is 0 Å². The third-order valence-corrected chi connectivity index (χ3v) is 3.50. The van der Waals surface area contributed by atoms with E-state index in [1.54, 1.807) is 0 Å². The maximum atomic E-state index is 11.9. The summed E-state index contributed by atoms with van der Waals surface area (Å²) in [4.78, 5) is 14.0. The molecule has 1 amide bonds. The minimum absolute atomic E-state index is 0.392. The molecule has 0 bridgehead atoms. The average molecular weight is 225 g/mol. The molecular weight excluding hydrogens is 198 g/mol. The number of hydrogen-bond donors (Lipinski definition) is 0. The molecular formula is C14H27NO. The fraction of sp³-hybridized carbons (Fsp3) is 0.929. The van der Waals surface area contributed by atoms with Crippen LogP contribution in [0.3, 0.4) is 0 Å². The standard InChI is InChI=1S/C14H27NO/c1-3-4-5-6-7-10-14(16)15-11-8-9-13(2)12-15/h13H,3-12H2,1-2H3/t13-/m0/s1. The summed E-state index contributed by atoms with van der Waals surface area (Å²) < 4.78 is 0. The summed E-state index contributed by atoms with van der Waals surface area (Å²) in [5.41, 5.74) is 0. The Hall–Kier alpha value is -0.530. The first-order valence-electron chi connectivity index (χ1n) is 7.01. The number of hydrogen-bond acceptors (Lipinski definition) is 1. The molecule has 16 heavy (non-hydrogen) atoms. The van der Waals surface area contributed by atoms with Gasteiger partial charge in [0.25, 0.3) is 0 Å². The third kappa shape index (κ3) is 5.00. The van der Waals surface area contributed by atoms with Crippen LogP contribution in [0.2, 0.25) is 0 Å². The Morgan fingerprint density at radius 3 is 2.69 bits per heavy atom. The molecule has 1 fully saturated rings. The van der Waals surface area contributed by atoms with E-state index in [-0.39, 0.29) is 0 Å². The monoisotopic (exact) mass is 225 g/mol. The van der Waals surface area contributed by atoms with E-state index in [1.807, 2.05) is 0 Å². The molecule has 0 aromatic rings. The van der Waals surface area contributed by atoms with Crippen molar-refractivity contribution in [3.8, 4) is 0 Å². The summed E-state index contributed by atoms with van der Waals surface area (Å²) in [6.07, 6.45) is 9.46. The van der Waals surface area contributed by atoms with E-state index in [1.165, 1.54) is 38.5 Å². The van der Waals surface area contributed by atoms with Gasteiger partial charge in [0.05, 0.1) is 0 Å². The molecule has 1 heterocycles. The van der Waals surface area contributed by atoms with E-state index in [0.29, 0.717) is 11.8 Å². The second-order valence-corrected chi connectivity index (χ2v) is 5.25. The highest BCUT2D eigenvalue weighted by atomic mass is 16.2. The van der Waals surface area contributed by atoms with Gasteiger partial charge < -0.3 is 4.90 Å². The lowest BCUT2D eigenvalue weighted by atomic mass is 10.00. The van der Waals surface area contributed by atoms with Crippen LogP contribution < -0.4 is 0 Å². The highest BCUT2D eigenvalue weighted by Gasteiger charge is 2.19. The van der Waals surface area contributed by atoms with Gasteiger partial charge in [0.15, 0.2) is 0 Å². The topological polar surface area (TPSA) is 20.3 Å². The van der Waals surface area contributed by atoms with Crippen LogP contribution in [0, 0.1) is 5.92 Å². The van der Waals surface area contributed by atoms with Gasteiger partial charge >= 0.3 is 0 Å². The summed E-state index contributed by atoms with van der Waals surface area (Å²) in [5.74, 6) is 1.10. The van der Waals surface area contributed by atoms with Gasteiger partial charge in [0.1, 0.15) is 0 Å². The molecule has 0 N–H and O–H groups in total. The lowest BCUT2D eigenvalue weighted by Gasteiger charge is -2.31. The van der Waals surface area contributed by atoms with Gasteiger partial charge in [-0.3, -0.25) is 4.79 Å². The molecule has 0 aromatic carbocycles. The Morgan fingerprint density at radius 2 is 2.00 bits per heavy atom. The molecule has 1 rings (SSSR count). The SMILES string of the molecule is CCCCCCCC(=O)N1CCC[C@H](C)C1. The second kappa shape index (κ2) is 7.70. The van der Waals surface area contributed by atoms with Crippen molar-refractivity contribution in [3.05, 3.63) is 0 Å². The van der Waals surface area contributed by atoms with E-state index >= 15 is 0 Å². The zero-order valence-electron chi connectivity index (χ0n) is 11.0. The minimum Gasteiger partial charge on any atom is -0.342 e. The zero-order chi connectivity index (χ0) is 11.8. The lowest BCUT2D eigenvalue weighted by molar-refractivity contribution is -0.133. The summed E-state index contributed by atoms with van der Waals surface area (Å²) in [5, 5.41) is 0. The van der Waals surface area contributed by atoms with Gasteiger partial charge in [-0.15, -0.1) is 0 Å². The number of amides is 1. The number of likely N-dealkylation sites (tertiary alicyclic amines) is 1. The van der Waals surface area contributed by atoms with Crippen molar-refractivity contribution in [1.29, 1.82) is 0 Å². The van der Waals surface area contributed by atoms with Crippen LogP contribution in [-0.2, 0) is 4.79 Å². The van der Waals surface area contributed by atoms with E-state index in [2.05, 4.69) is 18.7 Å². The number of rotatable bonds is 6. The highest BCUT2D eigenvalue weighted by Crippen LogP contribution is 2.17. The molecule has 2 heteroatoms. The molecule has 1 aliphatic heterocycles. The van der Waals surface area contributed by atoms with Gasteiger partial charge in [0.2, 0.25) is 5.91 Å². The molecule has 2 nitrogen and oxygen atoms in total. The first kappa shape index (κ1) is 13.5. The van der Waals surface area contributed by atoms with E-state index in [9.17, 15) is 4.79 Å². The predicted octanol–water partition coefficient (Wildman–Crippen LogP) is 3.61. The van der Waals surface area contributed by atoms with Crippen molar-refractivity contribution in [2.75, 3.05) is 13.1 Å². The maximum absolute atomic E-state index is 11.9. The smallest absolute Gasteiger partial charge is 0.222 e. The van der Waals surface area contributed by atoms with Crippen molar-refractivity contribution in [2.45, 2.75) is 65.2 Å². The summed E-state index contributed by atoms with van der Waals surface area (Å²) in [6, 6.07) is 0. The molecule has 0 saturated carbocycles. The largest absolute Gasteiger partial charge is 0.342 e. The third-order valence-electron chi connectivity index (χ3n) is 3.50. The van der Waals surface area contributed by atoms with Gasteiger partial charge in [-0.25, -0.2) is 0 Å². The molecule has 0 aromatic heterocycles. The van der Waals surface area contributed by atoms with Gasteiger partial charge in [-0.1, -0.05) is 39.5 Å². The average Bonchev–Trinajstić information content (AvgIpc) is 2.28. The van der Waals surface area contributed by atoms with Gasteiger partial charge in [-0.05, 0) is 25.2 Å². The van der Waals surface area contributed by atoms with Gasteiger partial charge in [-0.2, -0.15) is 0 Å². The molecule has 0 aliphatic carbocycles. The van der Waals surface area contributed by atoms with Crippen LogP contribution in [0.25, 0.3) is 0 Å². The number of carbonyl (C=O) groups is 1. The highest BCUT2D eigenvalue weighted by molar-refractivity contribution is 5.76. The van der Waals surface area contributed by atoms with Crippen LogP contribution >= 0.6 is 0 Å². The van der Waals surface area contributed by atoms with Crippen LogP contribution in [0.15, 0.2) is 0 Å². The minimum atomic E-state index is 0.392. The van der Waals surface area contributed by atoms with Gasteiger partial charge in [0, 0.05) is 19.5 Å². The molecule has 1 aliphatic rings. The fourth-order valence-electron chi connectivity index (χ4n) is 2.45. The number of nitrogens with zero attached hydrogens (tertiary/aromatic N) is 1. The summed E-state index contributed by atoms with van der Waals surface area (Å²) >= 11 is 0. The molecule has 1 saturated heterocycles. The predicted molar refractivity (Wildman–Crippen MR) is 68.4 cm³/mol. The maximum Gasteiger partial charge on any atom is 0.222 e. The van der Waals surface area contributed by atoms with Crippen molar-refractivity contribution < 1.29 is 4.79 Å².